The second-order valence-corrected chi connectivity index (χ2v) is 1.09. The van der Waals surface area contributed by atoms with Crippen LogP contribution in [0.2, 0.25) is 0 Å². The molecule has 7 nitrogen and oxygen atoms in total. The molecule has 0 aliphatic heterocycles. The third-order valence-electron chi connectivity index (χ3n) is 0.628. The van der Waals surface area contributed by atoms with E-state index in [1.807, 2.05) is 0 Å². The minimum Gasteiger partial charge on any atom is -0.240 e. The van der Waals surface area contributed by atoms with Gasteiger partial charge in [-0.05, 0) is 20.7 Å². The molecule has 0 unspecified atom stereocenters. The number of rotatable bonds is 2. The molecule has 0 saturated carbocycles. The molecule has 1 aromatic heterocycles. The molecule has 0 amide bonds. The number of aromatic nitrogens is 2. The second-order valence-electron chi connectivity index (χ2n) is 1.09. The van der Waals surface area contributed by atoms with Gasteiger partial charge in [0.1, 0.15) is 0 Å². The summed E-state index contributed by atoms with van der Waals surface area (Å²) in [6, 6.07) is 0. The zero-order valence-corrected chi connectivity index (χ0v) is 4.01. The molecule has 0 N–H and O–H groups in total. The molecule has 46 valence electrons. The van der Waals surface area contributed by atoms with Crippen molar-refractivity contribution in [3.05, 3.63) is 9.81 Å². The molecule has 1 rings (SSSR count). The zero-order chi connectivity index (χ0) is 6.69. The van der Waals surface area contributed by atoms with E-state index < -0.39 is 11.6 Å². The van der Waals surface area contributed by atoms with E-state index in [1.165, 1.54) is 0 Å². The molecule has 9 heavy (non-hydrogen) atoms. The van der Waals surface area contributed by atoms with E-state index in [0.29, 0.717) is 0 Å². The van der Waals surface area contributed by atoms with Crippen molar-refractivity contribution in [3.63, 3.8) is 0 Å². The van der Waals surface area contributed by atoms with Gasteiger partial charge >= 0.3 is 0 Å². The fraction of sp³-hybridized carbons (Fsp3) is 0. The summed E-state index contributed by atoms with van der Waals surface area (Å²) in [5.74, 6) is -0.852. The van der Waals surface area contributed by atoms with E-state index in [0.717, 1.165) is 0 Å². The maximum absolute atomic E-state index is 9.64. The Morgan fingerprint density at radius 3 is 1.89 bits per heavy atom. The Kier molecular flexibility index (Phi) is 1.26. The lowest BCUT2D eigenvalue weighted by Gasteiger charge is -1.67. The van der Waals surface area contributed by atoms with Crippen molar-refractivity contribution in [1.29, 1.82) is 0 Å². The van der Waals surface area contributed by atoms with Crippen LogP contribution in [-0.4, -0.2) is 10.3 Å². The highest BCUT2D eigenvalue weighted by atomic mass is 16.6. The van der Waals surface area contributed by atoms with Gasteiger partial charge in [0.15, 0.2) is 0 Å². The summed E-state index contributed by atoms with van der Waals surface area (Å²) in [6.07, 6.45) is 0. The van der Waals surface area contributed by atoms with Gasteiger partial charge in [-0.3, -0.25) is 0 Å². The van der Waals surface area contributed by atoms with Crippen molar-refractivity contribution in [2.24, 2.45) is 10.4 Å². The highest BCUT2D eigenvalue weighted by Crippen LogP contribution is 2.20. The molecule has 0 bridgehead atoms. The van der Waals surface area contributed by atoms with Crippen LogP contribution in [-0.2, 0) is 0 Å². The van der Waals surface area contributed by atoms with Gasteiger partial charge in [0.05, 0.1) is 0 Å². The highest BCUT2D eigenvalue weighted by molar-refractivity contribution is 5.47. The molecule has 0 radical (unpaired) electrons. The van der Waals surface area contributed by atoms with Gasteiger partial charge in [-0.1, -0.05) is 0 Å². The minimum absolute atomic E-state index is 0.426. The molecule has 0 saturated heterocycles. The third-order valence-corrected chi connectivity index (χ3v) is 0.628. The minimum atomic E-state index is -0.426. The summed E-state index contributed by atoms with van der Waals surface area (Å²) in [6.45, 7) is 0. The van der Waals surface area contributed by atoms with Crippen molar-refractivity contribution in [1.82, 2.24) is 10.3 Å². The Morgan fingerprint density at radius 2 is 1.56 bits per heavy atom. The number of hydrogen-bond acceptors (Lipinski definition) is 7. The lowest BCUT2D eigenvalue weighted by Crippen LogP contribution is -1.58. The van der Waals surface area contributed by atoms with Crippen molar-refractivity contribution in [2.45, 2.75) is 0 Å². The van der Waals surface area contributed by atoms with Crippen LogP contribution in [0, 0.1) is 9.81 Å². The molecule has 0 aromatic carbocycles. The molecule has 0 atom stereocenters. The lowest BCUT2D eigenvalue weighted by molar-refractivity contribution is 0.309. The molecular weight excluding hydrogens is 128 g/mol. The molecular formula is C2N4O3. The Morgan fingerprint density at radius 1 is 1.11 bits per heavy atom. The van der Waals surface area contributed by atoms with E-state index in [1.54, 1.807) is 0 Å². The largest absolute Gasteiger partial charge is 0.289 e. The second kappa shape index (κ2) is 2.07. The van der Waals surface area contributed by atoms with Crippen LogP contribution in [0.25, 0.3) is 0 Å². The van der Waals surface area contributed by atoms with E-state index >= 15 is 0 Å². The maximum Gasteiger partial charge on any atom is 0.289 e. The van der Waals surface area contributed by atoms with E-state index in [4.69, 9.17) is 0 Å². The summed E-state index contributed by atoms with van der Waals surface area (Å²) < 4.78 is 3.94. The average molecular weight is 128 g/mol. The van der Waals surface area contributed by atoms with Crippen LogP contribution in [0.15, 0.2) is 15.0 Å². The number of nitrogens with zero attached hydrogens (tertiary/aromatic N) is 4. The van der Waals surface area contributed by atoms with Gasteiger partial charge in [-0.2, -0.15) is 0 Å². The Balaban J connectivity index is 3.12. The van der Waals surface area contributed by atoms with Gasteiger partial charge in [0.2, 0.25) is 0 Å². The van der Waals surface area contributed by atoms with Gasteiger partial charge < -0.3 is 0 Å². The summed E-state index contributed by atoms with van der Waals surface area (Å²) in [5, 5.41) is 10.5. The molecule has 0 spiro atoms. The number of nitroso groups, excluding NO2 is 2. The first-order valence-electron chi connectivity index (χ1n) is 1.87. The van der Waals surface area contributed by atoms with Crippen molar-refractivity contribution in [3.8, 4) is 0 Å². The maximum atomic E-state index is 9.64. The lowest BCUT2D eigenvalue weighted by atomic mass is 10.7. The van der Waals surface area contributed by atoms with Crippen LogP contribution >= 0.6 is 0 Å². The Labute approximate surface area is 48.0 Å². The summed E-state index contributed by atoms with van der Waals surface area (Å²) in [4.78, 5) is 19.3. The normalized spacial score (nSPS) is 8.89. The van der Waals surface area contributed by atoms with Gasteiger partial charge in [0.25, 0.3) is 11.6 Å². The Hall–Kier alpha value is -1.66. The van der Waals surface area contributed by atoms with Crippen LogP contribution < -0.4 is 0 Å². The van der Waals surface area contributed by atoms with Crippen molar-refractivity contribution >= 4 is 11.6 Å². The predicted molar refractivity (Wildman–Crippen MR) is 25.2 cm³/mol. The van der Waals surface area contributed by atoms with E-state index in [-0.39, 0.29) is 0 Å². The summed E-state index contributed by atoms with van der Waals surface area (Å²) in [7, 11) is 0. The SMILES string of the molecule is O=Nc1nonc1N=O. The topological polar surface area (TPSA) is 97.8 Å². The monoisotopic (exact) mass is 128 g/mol. The van der Waals surface area contributed by atoms with Crippen LogP contribution in [0.1, 0.15) is 0 Å². The smallest absolute Gasteiger partial charge is 0.240 e. The average Bonchev–Trinajstić information content (AvgIpc) is 2.33. The fourth-order valence-corrected chi connectivity index (χ4v) is 0.294. The molecule has 0 aliphatic carbocycles. The molecule has 1 aromatic rings. The predicted octanol–water partition coefficient (Wildman–Crippen LogP) is 0.865. The summed E-state index contributed by atoms with van der Waals surface area (Å²) >= 11 is 0. The van der Waals surface area contributed by atoms with E-state index in [9.17, 15) is 9.81 Å². The van der Waals surface area contributed by atoms with Crippen LogP contribution in [0.4, 0.5) is 11.6 Å². The first kappa shape index (κ1) is 5.48. The van der Waals surface area contributed by atoms with Gasteiger partial charge in [-0.25, -0.2) is 4.63 Å². The first-order chi connectivity index (χ1) is 4.38. The quantitative estimate of drug-likeness (QED) is 0.550. The van der Waals surface area contributed by atoms with Gasteiger partial charge in [-0.15, -0.1) is 9.81 Å². The Bertz CT molecular complexity index is 207. The van der Waals surface area contributed by atoms with E-state index in [2.05, 4.69) is 25.3 Å². The van der Waals surface area contributed by atoms with Crippen LogP contribution in [0.3, 0.4) is 0 Å². The summed E-state index contributed by atoms with van der Waals surface area (Å²) in [5.41, 5.74) is 0. The first-order valence-corrected chi connectivity index (χ1v) is 1.87. The van der Waals surface area contributed by atoms with Crippen molar-refractivity contribution in [2.75, 3.05) is 0 Å². The molecule has 0 fully saturated rings. The fourth-order valence-electron chi connectivity index (χ4n) is 0.294. The van der Waals surface area contributed by atoms with Gasteiger partial charge in [0, 0.05) is 0 Å². The molecule has 1 heterocycles. The molecule has 0 aliphatic rings. The van der Waals surface area contributed by atoms with Crippen molar-refractivity contribution < 1.29 is 4.63 Å². The number of hydrogen-bond donors (Lipinski definition) is 0. The zero-order valence-electron chi connectivity index (χ0n) is 4.01. The third kappa shape index (κ3) is 0.784. The standard InChI is InChI=1S/C2N4O3/c7-3-1-2(4-8)6-9-5-1. The highest BCUT2D eigenvalue weighted by Gasteiger charge is 2.08. The van der Waals surface area contributed by atoms with Crippen LogP contribution in [0.5, 0.6) is 0 Å². The molecule has 7 heteroatoms.